The van der Waals surface area contributed by atoms with Gasteiger partial charge in [-0.05, 0) is 46.5 Å². The number of halogens is 3. The van der Waals surface area contributed by atoms with Gasteiger partial charge >= 0.3 is 0 Å². The predicted molar refractivity (Wildman–Crippen MR) is 82.5 cm³/mol. The molecule has 2 aromatic carbocycles. The van der Waals surface area contributed by atoms with Gasteiger partial charge in [0.2, 0.25) is 0 Å². The molecule has 0 saturated heterocycles. The SMILES string of the molecule is CCC(N)Cc1ccc(Oc2cc(F)cc(F)c2)c(Br)c1. The van der Waals surface area contributed by atoms with E-state index in [1.54, 1.807) is 6.07 Å². The lowest BCUT2D eigenvalue weighted by molar-refractivity contribution is 0.465. The lowest BCUT2D eigenvalue weighted by Gasteiger charge is -2.12. The van der Waals surface area contributed by atoms with Gasteiger partial charge in [0.15, 0.2) is 0 Å². The largest absolute Gasteiger partial charge is 0.456 e. The molecule has 1 unspecified atom stereocenters. The Morgan fingerprint density at radius 2 is 1.81 bits per heavy atom. The van der Waals surface area contributed by atoms with E-state index in [9.17, 15) is 8.78 Å². The Hall–Kier alpha value is -1.46. The Morgan fingerprint density at radius 3 is 2.38 bits per heavy atom. The first-order valence-electron chi connectivity index (χ1n) is 6.66. The minimum atomic E-state index is -0.674. The van der Waals surface area contributed by atoms with E-state index >= 15 is 0 Å². The summed E-state index contributed by atoms with van der Waals surface area (Å²) >= 11 is 3.40. The molecule has 5 heteroatoms. The molecule has 0 heterocycles. The summed E-state index contributed by atoms with van der Waals surface area (Å²) in [5, 5.41) is 0. The van der Waals surface area contributed by atoms with Crippen LogP contribution in [0.3, 0.4) is 0 Å². The summed E-state index contributed by atoms with van der Waals surface area (Å²) in [5.74, 6) is -0.738. The van der Waals surface area contributed by atoms with Crippen molar-refractivity contribution in [2.45, 2.75) is 25.8 Å². The molecule has 0 fully saturated rings. The molecular formula is C16H16BrF2NO. The normalized spacial score (nSPS) is 12.2. The number of ether oxygens (including phenoxy) is 1. The molecule has 21 heavy (non-hydrogen) atoms. The molecule has 0 bridgehead atoms. The summed E-state index contributed by atoms with van der Waals surface area (Å²) in [4.78, 5) is 0. The van der Waals surface area contributed by atoms with Gasteiger partial charge in [-0.1, -0.05) is 13.0 Å². The molecule has 0 radical (unpaired) electrons. The van der Waals surface area contributed by atoms with Crippen LogP contribution in [0.2, 0.25) is 0 Å². The fourth-order valence-corrected chi connectivity index (χ4v) is 2.42. The van der Waals surface area contributed by atoms with Gasteiger partial charge in [-0.25, -0.2) is 8.78 Å². The van der Waals surface area contributed by atoms with Crippen LogP contribution >= 0.6 is 15.9 Å². The molecule has 2 rings (SSSR count). The van der Waals surface area contributed by atoms with Gasteiger partial charge in [-0.3, -0.25) is 0 Å². The van der Waals surface area contributed by atoms with E-state index < -0.39 is 11.6 Å². The lowest BCUT2D eigenvalue weighted by Crippen LogP contribution is -2.21. The summed E-state index contributed by atoms with van der Waals surface area (Å²) < 4.78 is 32.5. The first kappa shape index (κ1) is 15.9. The molecule has 0 saturated carbocycles. The first-order valence-corrected chi connectivity index (χ1v) is 7.45. The van der Waals surface area contributed by atoms with Crippen LogP contribution in [0.15, 0.2) is 40.9 Å². The van der Waals surface area contributed by atoms with Crippen LogP contribution in [-0.2, 0) is 6.42 Å². The van der Waals surface area contributed by atoms with Gasteiger partial charge in [-0.2, -0.15) is 0 Å². The zero-order valence-corrected chi connectivity index (χ0v) is 13.2. The predicted octanol–water partition coefficient (Wildman–Crippen LogP) is 4.80. The molecule has 2 aromatic rings. The smallest absolute Gasteiger partial charge is 0.141 e. The molecule has 0 aliphatic heterocycles. The first-order chi connectivity index (χ1) is 9.97. The second kappa shape index (κ2) is 7.00. The fourth-order valence-electron chi connectivity index (χ4n) is 1.92. The lowest BCUT2D eigenvalue weighted by atomic mass is 10.0. The Bertz CT molecular complexity index is 613. The van der Waals surface area contributed by atoms with Crippen LogP contribution in [0.25, 0.3) is 0 Å². The monoisotopic (exact) mass is 355 g/mol. The van der Waals surface area contributed by atoms with Crippen molar-refractivity contribution in [1.29, 1.82) is 0 Å². The van der Waals surface area contributed by atoms with Gasteiger partial charge in [0.05, 0.1) is 4.47 Å². The highest BCUT2D eigenvalue weighted by Gasteiger charge is 2.08. The third kappa shape index (κ3) is 4.51. The zero-order chi connectivity index (χ0) is 15.4. The summed E-state index contributed by atoms with van der Waals surface area (Å²) in [6.45, 7) is 2.04. The summed E-state index contributed by atoms with van der Waals surface area (Å²) in [7, 11) is 0. The van der Waals surface area contributed by atoms with Gasteiger partial charge in [0, 0.05) is 24.2 Å². The second-order valence-corrected chi connectivity index (χ2v) is 5.70. The van der Waals surface area contributed by atoms with Crippen molar-refractivity contribution in [3.8, 4) is 11.5 Å². The summed E-state index contributed by atoms with van der Waals surface area (Å²) in [6, 6.07) is 8.74. The standard InChI is InChI=1S/C16H16BrF2NO/c1-2-13(20)5-10-3-4-16(15(17)6-10)21-14-8-11(18)7-12(19)9-14/h3-4,6-9,13H,2,5,20H2,1H3. The molecule has 2 N–H and O–H groups in total. The van der Waals surface area contributed by atoms with Gasteiger partial charge in [-0.15, -0.1) is 0 Å². The van der Waals surface area contributed by atoms with Crippen LogP contribution in [0.1, 0.15) is 18.9 Å². The molecule has 0 amide bonds. The van der Waals surface area contributed by atoms with E-state index in [0.717, 1.165) is 36.6 Å². The molecule has 2 nitrogen and oxygen atoms in total. The molecule has 1 atom stereocenters. The van der Waals surface area contributed by atoms with Crippen molar-refractivity contribution >= 4 is 15.9 Å². The maximum Gasteiger partial charge on any atom is 0.141 e. The van der Waals surface area contributed by atoms with Crippen LogP contribution in [-0.4, -0.2) is 6.04 Å². The minimum Gasteiger partial charge on any atom is -0.456 e. The average Bonchev–Trinajstić information content (AvgIpc) is 2.40. The maximum atomic E-state index is 13.1. The highest BCUT2D eigenvalue weighted by molar-refractivity contribution is 9.10. The number of benzene rings is 2. The Morgan fingerprint density at radius 1 is 1.14 bits per heavy atom. The number of rotatable bonds is 5. The van der Waals surface area contributed by atoms with Crippen LogP contribution in [0.4, 0.5) is 8.78 Å². The Labute approximate surface area is 131 Å². The van der Waals surface area contributed by atoms with Gasteiger partial charge in [0.1, 0.15) is 23.1 Å². The fraction of sp³-hybridized carbons (Fsp3) is 0.250. The van der Waals surface area contributed by atoms with Crippen molar-refractivity contribution in [1.82, 2.24) is 0 Å². The topological polar surface area (TPSA) is 35.2 Å². The van der Waals surface area contributed by atoms with E-state index in [-0.39, 0.29) is 11.8 Å². The second-order valence-electron chi connectivity index (χ2n) is 4.84. The Balaban J connectivity index is 2.17. The summed E-state index contributed by atoms with van der Waals surface area (Å²) in [6.07, 6.45) is 1.67. The van der Waals surface area contributed by atoms with Crippen molar-refractivity contribution < 1.29 is 13.5 Å². The van der Waals surface area contributed by atoms with Crippen LogP contribution in [0.5, 0.6) is 11.5 Å². The van der Waals surface area contributed by atoms with Crippen LogP contribution < -0.4 is 10.5 Å². The van der Waals surface area contributed by atoms with E-state index in [1.165, 1.54) is 0 Å². The van der Waals surface area contributed by atoms with E-state index in [0.29, 0.717) is 10.2 Å². The highest BCUT2D eigenvalue weighted by Crippen LogP contribution is 2.31. The third-order valence-corrected chi connectivity index (χ3v) is 3.70. The molecule has 0 aliphatic rings. The zero-order valence-electron chi connectivity index (χ0n) is 11.6. The van der Waals surface area contributed by atoms with Crippen molar-refractivity contribution in [2.75, 3.05) is 0 Å². The van der Waals surface area contributed by atoms with Crippen molar-refractivity contribution in [3.63, 3.8) is 0 Å². The van der Waals surface area contributed by atoms with E-state index in [1.807, 2.05) is 19.1 Å². The molecular weight excluding hydrogens is 340 g/mol. The van der Waals surface area contributed by atoms with E-state index in [2.05, 4.69) is 15.9 Å². The average molecular weight is 356 g/mol. The maximum absolute atomic E-state index is 13.1. The minimum absolute atomic E-state index is 0.112. The molecule has 0 aliphatic carbocycles. The molecule has 0 spiro atoms. The number of hydrogen-bond acceptors (Lipinski definition) is 2. The molecule has 0 aromatic heterocycles. The quantitative estimate of drug-likeness (QED) is 0.835. The number of hydrogen-bond donors (Lipinski definition) is 1. The van der Waals surface area contributed by atoms with E-state index in [4.69, 9.17) is 10.5 Å². The van der Waals surface area contributed by atoms with Crippen LogP contribution in [0, 0.1) is 11.6 Å². The van der Waals surface area contributed by atoms with Gasteiger partial charge in [0.25, 0.3) is 0 Å². The third-order valence-electron chi connectivity index (χ3n) is 3.08. The molecule has 112 valence electrons. The van der Waals surface area contributed by atoms with Gasteiger partial charge < -0.3 is 10.5 Å². The summed E-state index contributed by atoms with van der Waals surface area (Å²) in [5.41, 5.74) is 7.00. The van der Waals surface area contributed by atoms with Crippen molar-refractivity contribution in [2.24, 2.45) is 5.73 Å². The Kier molecular flexibility index (Phi) is 5.31. The highest BCUT2D eigenvalue weighted by atomic mass is 79.9. The number of nitrogens with two attached hydrogens (primary N) is 1. The van der Waals surface area contributed by atoms with Crippen molar-refractivity contribution in [3.05, 3.63) is 58.1 Å².